The van der Waals surface area contributed by atoms with E-state index in [4.69, 9.17) is 0 Å². The third-order valence-corrected chi connectivity index (χ3v) is 5.69. The largest absolute Gasteiger partial charge is 0.319 e. The van der Waals surface area contributed by atoms with E-state index in [0.717, 1.165) is 19.4 Å². The molecule has 1 aliphatic heterocycles. The van der Waals surface area contributed by atoms with Crippen molar-refractivity contribution >= 4 is 28.1 Å². The zero-order valence-corrected chi connectivity index (χ0v) is 13.9. The summed E-state index contributed by atoms with van der Waals surface area (Å²) in [7, 11) is -1.93. The van der Waals surface area contributed by atoms with Crippen LogP contribution in [0, 0.1) is 16.0 Å². The van der Waals surface area contributed by atoms with E-state index in [1.165, 1.54) is 28.6 Å². The number of piperidine rings is 1. The monoisotopic (exact) mass is 349 g/mol. The molecule has 0 saturated carbocycles. The quantitative estimate of drug-likeness (QED) is 0.644. The number of benzene rings is 1. The highest BCUT2D eigenvalue weighted by Crippen LogP contribution is 2.29. The van der Waals surface area contributed by atoms with Crippen molar-refractivity contribution in [3.05, 3.63) is 34.4 Å². The summed E-state index contributed by atoms with van der Waals surface area (Å²) < 4.78 is 26.5. The molecule has 124 valence electrons. The Labute approximate surface area is 136 Å². The Morgan fingerprint density at radius 1 is 1.32 bits per heavy atom. The minimum atomic E-state index is -3.80. The van der Waals surface area contributed by atoms with E-state index in [2.05, 4.69) is 5.32 Å². The number of nitro groups is 1. The number of nitrogens with one attached hydrogen (secondary N) is 1. The first kappa shape index (κ1) is 18.8. The van der Waals surface area contributed by atoms with Crippen LogP contribution in [0.4, 0.5) is 5.69 Å². The van der Waals surface area contributed by atoms with Gasteiger partial charge in [0.25, 0.3) is 5.69 Å². The Morgan fingerprint density at radius 2 is 1.91 bits per heavy atom. The first-order valence-corrected chi connectivity index (χ1v) is 8.29. The number of halogens is 1. The number of para-hydroxylation sites is 1. The van der Waals surface area contributed by atoms with Gasteiger partial charge >= 0.3 is 0 Å². The fraction of sp³-hybridized carbons (Fsp3) is 0.538. The Morgan fingerprint density at radius 3 is 2.45 bits per heavy atom. The maximum Gasteiger partial charge on any atom is 0.289 e. The molecule has 0 bridgehead atoms. The van der Waals surface area contributed by atoms with Gasteiger partial charge in [0.05, 0.1) is 4.92 Å². The lowest BCUT2D eigenvalue weighted by atomic mass is 9.98. The molecule has 1 aliphatic rings. The lowest BCUT2D eigenvalue weighted by Gasteiger charge is -2.30. The first-order valence-electron chi connectivity index (χ1n) is 6.85. The third kappa shape index (κ3) is 3.95. The Hall–Kier alpha value is -1.22. The Bertz CT molecular complexity index is 615. The lowest BCUT2D eigenvalue weighted by molar-refractivity contribution is -0.387. The smallest absolute Gasteiger partial charge is 0.289 e. The number of nitro benzene ring substituents is 1. The molecule has 22 heavy (non-hydrogen) atoms. The molecule has 1 saturated heterocycles. The topological polar surface area (TPSA) is 92.6 Å². The van der Waals surface area contributed by atoms with E-state index in [0.29, 0.717) is 19.0 Å². The molecule has 9 heteroatoms. The van der Waals surface area contributed by atoms with Gasteiger partial charge in [0, 0.05) is 19.2 Å². The highest BCUT2D eigenvalue weighted by Gasteiger charge is 2.33. The van der Waals surface area contributed by atoms with Crippen molar-refractivity contribution in [1.29, 1.82) is 0 Å². The van der Waals surface area contributed by atoms with Crippen LogP contribution in [-0.2, 0) is 10.0 Å². The van der Waals surface area contributed by atoms with E-state index >= 15 is 0 Å². The van der Waals surface area contributed by atoms with Gasteiger partial charge in [-0.15, -0.1) is 12.4 Å². The number of rotatable bonds is 5. The molecule has 0 amide bonds. The summed E-state index contributed by atoms with van der Waals surface area (Å²) in [6.45, 7) is 1.67. The second kappa shape index (κ2) is 7.87. The summed E-state index contributed by atoms with van der Waals surface area (Å²) in [5, 5.41) is 14.1. The second-order valence-electron chi connectivity index (χ2n) is 5.13. The zero-order valence-electron chi connectivity index (χ0n) is 12.3. The Balaban J connectivity index is 0.00000242. The van der Waals surface area contributed by atoms with Crippen molar-refractivity contribution < 1.29 is 13.3 Å². The van der Waals surface area contributed by atoms with Gasteiger partial charge in [0.2, 0.25) is 10.0 Å². The number of sulfonamides is 1. The van der Waals surface area contributed by atoms with Crippen molar-refractivity contribution in [2.45, 2.75) is 17.7 Å². The zero-order chi connectivity index (χ0) is 15.5. The standard InChI is InChI=1S/C13H19N3O4S.ClH/c1-14-10-11-6-8-15(9-7-11)21(19,20)13-5-3-2-4-12(13)16(17)18;/h2-5,11,14H,6-10H2,1H3;1H. The van der Waals surface area contributed by atoms with Crippen molar-refractivity contribution in [3.63, 3.8) is 0 Å². The maximum atomic E-state index is 12.6. The average molecular weight is 350 g/mol. The van der Waals surface area contributed by atoms with Crippen LogP contribution in [0.15, 0.2) is 29.2 Å². The molecule has 1 fully saturated rings. The lowest BCUT2D eigenvalue weighted by Crippen LogP contribution is -2.40. The molecule has 7 nitrogen and oxygen atoms in total. The van der Waals surface area contributed by atoms with E-state index in [-0.39, 0.29) is 23.0 Å². The van der Waals surface area contributed by atoms with Gasteiger partial charge < -0.3 is 5.32 Å². The fourth-order valence-electron chi connectivity index (χ4n) is 2.61. The van der Waals surface area contributed by atoms with Crippen LogP contribution >= 0.6 is 12.4 Å². The molecule has 2 rings (SSSR count). The van der Waals surface area contributed by atoms with Gasteiger partial charge in [-0.25, -0.2) is 8.42 Å². The van der Waals surface area contributed by atoms with Crippen LogP contribution in [0.3, 0.4) is 0 Å². The predicted molar refractivity (Wildman–Crippen MR) is 85.8 cm³/mol. The molecule has 0 spiro atoms. The number of nitrogens with zero attached hydrogens (tertiary/aromatic N) is 2. The summed E-state index contributed by atoms with van der Waals surface area (Å²) in [6, 6.07) is 5.50. The Kier molecular flexibility index (Phi) is 6.73. The van der Waals surface area contributed by atoms with Gasteiger partial charge in [-0.05, 0) is 38.4 Å². The van der Waals surface area contributed by atoms with Crippen LogP contribution in [0.5, 0.6) is 0 Å². The van der Waals surface area contributed by atoms with Gasteiger partial charge in [-0.2, -0.15) is 4.31 Å². The van der Waals surface area contributed by atoms with Gasteiger partial charge in [-0.1, -0.05) is 12.1 Å². The predicted octanol–water partition coefficient (Wildman–Crippen LogP) is 1.64. The average Bonchev–Trinajstić information content (AvgIpc) is 2.48. The third-order valence-electron chi connectivity index (χ3n) is 3.75. The molecule has 0 aliphatic carbocycles. The maximum absolute atomic E-state index is 12.6. The van der Waals surface area contributed by atoms with Crippen molar-refractivity contribution in [3.8, 4) is 0 Å². The minimum Gasteiger partial charge on any atom is -0.319 e. The molecule has 1 aromatic carbocycles. The van der Waals surface area contributed by atoms with Gasteiger partial charge in [0.1, 0.15) is 0 Å². The van der Waals surface area contributed by atoms with Gasteiger partial charge in [0.15, 0.2) is 4.90 Å². The summed E-state index contributed by atoms with van der Waals surface area (Å²) in [4.78, 5) is 10.1. The highest BCUT2D eigenvalue weighted by molar-refractivity contribution is 7.89. The van der Waals surface area contributed by atoms with E-state index in [1.54, 1.807) is 0 Å². The van der Waals surface area contributed by atoms with Crippen molar-refractivity contribution in [2.75, 3.05) is 26.7 Å². The molecule has 0 aromatic heterocycles. The summed E-state index contributed by atoms with van der Waals surface area (Å²) >= 11 is 0. The highest BCUT2D eigenvalue weighted by atomic mass is 35.5. The molecule has 1 heterocycles. The van der Waals surface area contributed by atoms with Crippen LogP contribution < -0.4 is 5.32 Å². The number of hydrogen-bond donors (Lipinski definition) is 1. The van der Waals surface area contributed by atoms with Crippen molar-refractivity contribution in [1.82, 2.24) is 9.62 Å². The SMILES string of the molecule is CNCC1CCN(S(=O)(=O)c2ccccc2[N+](=O)[O-])CC1.Cl. The molecule has 0 radical (unpaired) electrons. The molecule has 0 atom stereocenters. The minimum absolute atomic E-state index is 0. The normalized spacial score (nSPS) is 17.0. The molecule has 1 aromatic rings. The van der Waals surface area contributed by atoms with E-state index in [9.17, 15) is 18.5 Å². The van der Waals surface area contributed by atoms with Crippen LogP contribution in [0.25, 0.3) is 0 Å². The van der Waals surface area contributed by atoms with Crippen LogP contribution in [0.1, 0.15) is 12.8 Å². The van der Waals surface area contributed by atoms with Gasteiger partial charge in [-0.3, -0.25) is 10.1 Å². The summed E-state index contributed by atoms with van der Waals surface area (Å²) in [5.41, 5.74) is -0.366. The van der Waals surface area contributed by atoms with E-state index in [1.807, 2.05) is 7.05 Å². The number of hydrogen-bond acceptors (Lipinski definition) is 5. The second-order valence-corrected chi connectivity index (χ2v) is 7.04. The van der Waals surface area contributed by atoms with Crippen LogP contribution in [0.2, 0.25) is 0 Å². The molecule has 0 unspecified atom stereocenters. The summed E-state index contributed by atoms with van der Waals surface area (Å²) in [5.74, 6) is 0.451. The van der Waals surface area contributed by atoms with E-state index < -0.39 is 14.9 Å². The molecule has 1 N–H and O–H groups in total. The van der Waals surface area contributed by atoms with Crippen molar-refractivity contribution in [2.24, 2.45) is 5.92 Å². The molecular weight excluding hydrogens is 330 g/mol. The first-order chi connectivity index (χ1) is 9.96. The van der Waals surface area contributed by atoms with Crippen LogP contribution in [-0.4, -0.2) is 44.3 Å². The summed E-state index contributed by atoms with van der Waals surface area (Å²) in [6.07, 6.45) is 1.53. The fourth-order valence-corrected chi connectivity index (χ4v) is 4.23. The molecular formula is C13H20ClN3O4S.